The number of oxazole rings is 1. The fourth-order valence-electron chi connectivity index (χ4n) is 5.38. The number of anilines is 2. The molecule has 0 aliphatic heterocycles. The zero-order chi connectivity index (χ0) is 39.9. The van der Waals surface area contributed by atoms with Crippen LogP contribution >= 0.6 is 0 Å². The van der Waals surface area contributed by atoms with E-state index >= 15 is 0 Å². The molecule has 294 valence electrons. The maximum absolute atomic E-state index is 14.1. The van der Waals surface area contributed by atoms with Gasteiger partial charge in [0.15, 0.2) is 11.4 Å². The first kappa shape index (κ1) is 40.5. The molecule has 4 aromatic rings. The summed E-state index contributed by atoms with van der Waals surface area (Å²) < 4.78 is 46.3. The largest absolute Gasteiger partial charge is 0.444 e. The molecular weight excluding hydrogens is 716 g/mol. The summed E-state index contributed by atoms with van der Waals surface area (Å²) >= 11 is 0. The van der Waals surface area contributed by atoms with Gasteiger partial charge in [0, 0.05) is 37.8 Å². The third-order valence-electron chi connectivity index (χ3n) is 8.18. The Hall–Kier alpha value is -5.67. The van der Waals surface area contributed by atoms with Crippen molar-refractivity contribution in [3.8, 4) is 17.1 Å². The van der Waals surface area contributed by atoms with E-state index in [4.69, 9.17) is 13.9 Å². The van der Waals surface area contributed by atoms with E-state index < -0.39 is 41.4 Å². The summed E-state index contributed by atoms with van der Waals surface area (Å²) in [6.07, 6.45) is 4.31. The molecule has 0 unspecified atom stereocenters. The maximum Gasteiger partial charge on any atom is 0.416 e. The number of carbonyl (C=O) groups is 4. The minimum Gasteiger partial charge on any atom is -0.444 e. The van der Waals surface area contributed by atoms with Crippen molar-refractivity contribution in [1.29, 1.82) is 0 Å². The van der Waals surface area contributed by atoms with E-state index in [0.29, 0.717) is 55.3 Å². The summed E-state index contributed by atoms with van der Waals surface area (Å²) in [6.45, 7) is 11.7. The Balaban J connectivity index is 1.29. The van der Waals surface area contributed by atoms with E-state index in [9.17, 15) is 28.0 Å². The maximum atomic E-state index is 14.1. The highest BCUT2D eigenvalue weighted by molar-refractivity contribution is 6.03. The molecule has 1 aromatic carbocycles. The Morgan fingerprint density at radius 3 is 2.35 bits per heavy atom. The van der Waals surface area contributed by atoms with Gasteiger partial charge >= 0.3 is 12.2 Å². The van der Waals surface area contributed by atoms with Gasteiger partial charge in [-0.15, -0.1) is 0 Å². The molecule has 1 aliphatic rings. The van der Waals surface area contributed by atoms with E-state index in [-0.39, 0.29) is 23.8 Å². The quantitative estimate of drug-likeness (QED) is 0.0920. The van der Waals surface area contributed by atoms with Crippen LogP contribution in [-0.4, -0.2) is 73.3 Å². The number of ether oxygens (including phenoxy) is 2. The molecule has 0 saturated heterocycles. The van der Waals surface area contributed by atoms with Crippen molar-refractivity contribution in [3.05, 3.63) is 72.0 Å². The van der Waals surface area contributed by atoms with Gasteiger partial charge in [-0.25, -0.2) is 33.0 Å². The van der Waals surface area contributed by atoms with Crippen LogP contribution in [0.5, 0.6) is 0 Å². The first-order valence-corrected chi connectivity index (χ1v) is 18.1. The lowest BCUT2D eigenvalue weighted by molar-refractivity contribution is -0.107. The Morgan fingerprint density at radius 1 is 1.02 bits per heavy atom. The molecule has 16 heteroatoms. The Bertz CT molecular complexity index is 1960. The molecule has 0 spiro atoms. The zero-order valence-electron chi connectivity index (χ0n) is 31.9. The van der Waals surface area contributed by atoms with Crippen LogP contribution in [0, 0.1) is 5.92 Å². The summed E-state index contributed by atoms with van der Waals surface area (Å²) in [7, 11) is 0. The molecule has 14 nitrogen and oxygen atoms in total. The van der Waals surface area contributed by atoms with Crippen LogP contribution in [0.25, 0.3) is 17.1 Å². The number of alkyl halides is 2. The van der Waals surface area contributed by atoms with Crippen molar-refractivity contribution in [2.45, 2.75) is 97.8 Å². The first-order chi connectivity index (χ1) is 26.0. The summed E-state index contributed by atoms with van der Waals surface area (Å²) in [5, 5.41) is 6.50. The molecule has 3 aromatic heterocycles. The summed E-state index contributed by atoms with van der Waals surface area (Å²) in [5.41, 5.74) is -0.830. The molecule has 1 N–H and O–H groups in total. The molecule has 0 radical (unpaired) electrons. The van der Waals surface area contributed by atoms with Crippen LogP contribution < -0.4 is 10.2 Å². The van der Waals surface area contributed by atoms with Gasteiger partial charge in [-0.1, -0.05) is 12.1 Å². The van der Waals surface area contributed by atoms with Crippen LogP contribution in [0.1, 0.15) is 102 Å². The van der Waals surface area contributed by atoms with Crippen LogP contribution in [0.15, 0.2) is 59.5 Å². The van der Waals surface area contributed by atoms with E-state index in [2.05, 4.69) is 20.4 Å². The SMILES string of the molecule is CC(C)(C)OC(=O)N(CCCCC=O)Cc1ccc(-n2cc(NC(=O)c3coc(-c4ccnc(N(CC5CC5)C(=O)OC(C)(C)C)c4)n3)c(C(F)F)n2)cc1. The number of unbranched alkanes of at least 4 members (excludes halogenated alkanes) is 2. The second-order valence-corrected chi connectivity index (χ2v) is 15.3. The fourth-order valence-corrected chi connectivity index (χ4v) is 5.38. The predicted molar refractivity (Wildman–Crippen MR) is 199 cm³/mol. The summed E-state index contributed by atoms with van der Waals surface area (Å²) in [4.78, 5) is 61.6. The average Bonchev–Trinajstić information content (AvgIpc) is 3.61. The lowest BCUT2D eigenvalue weighted by Gasteiger charge is -2.27. The van der Waals surface area contributed by atoms with E-state index in [1.165, 1.54) is 22.0 Å². The second-order valence-electron chi connectivity index (χ2n) is 15.3. The number of nitrogens with one attached hydrogen (secondary N) is 1. The van der Waals surface area contributed by atoms with Crippen molar-refractivity contribution in [3.63, 3.8) is 0 Å². The van der Waals surface area contributed by atoms with Crippen molar-refractivity contribution >= 4 is 35.9 Å². The summed E-state index contributed by atoms with van der Waals surface area (Å²) in [6, 6.07) is 10.0. The standard InChI is InChI=1S/C39H47F2N7O7/c1-38(2,3)54-36(51)46(18-8-7-9-19-49)21-25-12-14-28(15-13-25)48-23-29(32(45-48)33(40)41)43-34(50)30-24-53-35(44-30)27-16-17-42-31(20-27)47(22-26-10-11-26)37(52)55-39(4,5)6/h12-17,19-20,23-24,26,33H,7-11,18,21-22H2,1-6H3,(H,43,50). The number of aldehydes is 1. The normalized spacial score (nSPS) is 13.0. The molecule has 1 saturated carbocycles. The molecular formula is C39H47F2N7O7. The van der Waals surface area contributed by atoms with Crippen LogP contribution in [-0.2, 0) is 20.8 Å². The molecule has 55 heavy (non-hydrogen) atoms. The Morgan fingerprint density at radius 2 is 1.71 bits per heavy atom. The number of aromatic nitrogens is 4. The lowest BCUT2D eigenvalue weighted by atomic mass is 10.1. The lowest BCUT2D eigenvalue weighted by Crippen LogP contribution is -2.38. The Kier molecular flexibility index (Phi) is 12.7. The van der Waals surface area contributed by atoms with Gasteiger partial charge in [-0.2, -0.15) is 5.10 Å². The van der Waals surface area contributed by atoms with Crippen LogP contribution in [0.4, 0.5) is 29.9 Å². The number of nitrogens with zero attached hydrogens (tertiary/aromatic N) is 6. The highest BCUT2D eigenvalue weighted by atomic mass is 19.3. The van der Waals surface area contributed by atoms with Crippen molar-refractivity contribution in [1.82, 2.24) is 24.6 Å². The van der Waals surface area contributed by atoms with Crippen LogP contribution in [0.3, 0.4) is 0 Å². The monoisotopic (exact) mass is 763 g/mol. The minimum absolute atomic E-state index is 0.0560. The number of amides is 3. The highest BCUT2D eigenvalue weighted by Gasteiger charge is 2.32. The third kappa shape index (κ3) is 11.7. The van der Waals surface area contributed by atoms with E-state index in [0.717, 1.165) is 31.0 Å². The Labute approximate surface area is 318 Å². The van der Waals surface area contributed by atoms with Gasteiger partial charge in [0.25, 0.3) is 12.3 Å². The minimum atomic E-state index is -3.01. The predicted octanol–water partition coefficient (Wildman–Crippen LogP) is 8.37. The number of rotatable bonds is 15. The van der Waals surface area contributed by atoms with Gasteiger partial charge in [0.2, 0.25) is 5.89 Å². The van der Waals surface area contributed by atoms with Gasteiger partial charge in [0.1, 0.15) is 29.6 Å². The van der Waals surface area contributed by atoms with Crippen molar-refractivity contribution < 1.29 is 41.8 Å². The van der Waals surface area contributed by atoms with Gasteiger partial charge in [-0.05, 0) is 103 Å². The highest BCUT2D eigenvalue weighted by Crippen LogP contribution is 2.33. The molecule has 5 rings (SSSR count). The molecule has 3 heterocycles. The molecule has 1 fully saturated rings. The zero-order valence-corrected chi connectivity index (χ0v) is 31.9. The molecule has 3 amide bonds. The third-order valence-corrected chi connectivity index (χ3v) is 8.18. The number of benzene rings is 1. The number of hydrogen-bond acceptors (Lipinski definition) is 10. The van der Waals surface area contributed by atoms with Gasteiger partial charge < -0.3 is 28.9 Å². The molecule has 1 aliphatic carbocycles. The van der Waals surface area contributed by atoms with E-state index in [1.807, 2.05) is 0 Å². The van der Waals surface area contributed by atoms with Crippen LogP contribution in [0.2, 0.25) is 0 Å². The first-order valence-electron chi connectivity index (χ1n) is 18.1. The second kappa shape index (κ2) is 17.2. The molecule has 0 bridgehead atoms. The smallest absolute Gasteiger partial charge is 0.416 e. The van der Waals surface area contributed by atoms with Crippen molar-refractivity contribution in [2.75, 3.05) is 23.3 Å². The summed E-state index contributed by atoms with van der Waals surface area (Å²) in [5.74, 6) is -0.0768. The molecule has 0 atom stereocenters. The van der Waals surface area contributed by atoms with Gasteiger partial charge in [-0.3, -0.25) is 9.69 Å². The fraction of sp³-hybridized carbons (Fsp3) is 0.462. The average molecular weight is 764 g/mol. The van der Waals surface area contributed by atoms with Gasteiger partial charge in [0.05, 0.1) is 17.6 Å². The number of hydrogen-bond donors (Lipinski definition) is 1. The topological polar surface area (TPSA) is 162 Å². The van der Waals surface area contributed by atoms with E-state index in [1.54, 1.807) is 82.8 Å². The number of halogens is 2. The van der Waals surface area contributed by atoms with Crippen molar-refractivity contribution in [2.24, 2.45) is 5.92 Å². The number of pyridine rings is 1. The number of carbonyl (C=O) groups excluding carboxylic acids is 4.